The third-order valence-corrected chi connectivity index (χ3v) is 10.9. The van der Waals surface area contributed by atoms with Gasteiger partial charge in [-0.15, -0.1) is 11.4 Å². The molecule has 0 atom stereocenters. The van der Waals surface area contributed by atoms with E-state index in [2.05, 4.69) is 78.6 Å². The van der Waals surface area contributed by atoms with E-state index in [1.54, 1.807) is 18.3 Å². The van der Waals surface area contributed by atoms with Gasteiger partial charge in [-0.3, -0.25) is 9.97 Å². The van der Waals surface area contributed by atoms with E-state index in [1.807, 2.05) is 54.7 Å². The van der Waals surface area contributed by atoms with Crippen LogP contribution in [-0.4, -0.2) is 9.97 Å². The van der Waals surface area contributed by atoms with Gasteiger partial charge in [0.15, 0.2) is 0 Å². The molecule has 0 radical (unpaired) electrons. The first kappa shape index (κ1) is 33.5. The fraction of sp³-hybridized carbons (Fsp3) is 0.375. The van der Waals surface area contributed by atoms with E-state index in [-0.39, 0.29) is 43.9 Å². The Morgan fingerprint density at radius 2 is 1.38 bits per heavy atom. The second kappa shape index (κ2) is 15.8. The van der Waals surface area contributed by atoms with Gasteiger partial charge in [0.1, 0.15) is 0 Å². The molecular formula is C48H54N4Pt. The Hall–Kier alpha value is -4.01. The van der Waals surface area contributed by atoms with E-state index in [0.29, 0.717) is 34.2 Å². The van der Waals surface area contributed by atoms with Gasteiger partial charge < -0.3 is 10.6 Å². The summed E-state index contributed by atoms with van der Waals surface area (Å²) in [5.74, 6) is 0.212. The number of pyridine rings is 2. The van der Waals surface area contributed by atoms with Crippen LogP contribution in [0, 0.1) is 12.3 Å². The van der Waals surface area contributed by atoms with Crippen molar-refractivity contribution in [3.8, 4) is 11.1 Å². The Labute approximate surface area is 337 Å². The average molecular weight is 886 g/mol. The first-order valence-electron chi connectivity index (χ1n) is 21.0. The first-order valence-corrected chi connectivity index (χ1v) is 19.0. The number of aromatic nitrogens is 2. The summed E-state index contributed by atoms with van der Waals surface area (Å²) in [5.41, 5.74) is 11.0. The van der Waals surface area contributed by atoms with E-state index in [9.17, 15) is 1.37 Å². The maximum Gasteiger partial charge on any atom is 2.00 e. The summed E-state index contributed by atoms with van der Waals surface area (Å²) < 4.78 is 35.0. The van der Waals surface area contributed by atoms with Crippen molar-refractivity contribution in [2.75, 3.05) is 0 Å². The smallest absolute Gasteiger partial charge is 0.657 e. The maximum absolute atomic E-state index is 9.59. The van der Waals surface area contributed by atoms with Gasteiger partial charge in [-0.2, -0.15) is 11.4 Å². The van der Waals surface area contributed by atoms with Crippen LogP contribution in [0.5, 0.6) is 0 Å². The first-order chi connectivity index (χ1) is 26.4. The SMILES string of the molecule is [2H]C([2H])([2H])c1cc([N-]c2ccc(C3([2H])CCC(C)(C)CC3)cc2[N-]c2cccc3cccnc23)c2ncc(-c3c(C(C)C)cc(C(C)C)cc3C(C)C)cc2c1.[Pt+2]. The van der Waals surface area contributed by atoms with Crippen molar-refractivity contribution in [1.82, 2.24) is 9.97 Å². The molecule has 0 spiro atoms. The fourth-order valence-corrected chi connectivity index (χ4v) is 7.62. The molecule has 53 heavy (non-hydrogen) atoms. The van der Waals surface area contributed by atoms with E-state index < -0.39 is 12.7 Å². The Bertz CT molecular complexity index is 2370. The number of aryl methyl sites for hydroxylation is 1. The van der Waals surface area contributed by atoms with Crippen molar-refractivity contribution in [2.24, 2.45) is 5.41 Å². The second-order valence-electron chi connectivity index (χ2n) is 16.4. The predicted molar refractivity (Wildman–Crippen MR) is 223 cm³/mol. The van der Waals surface area contributed by atoms with Crippen LogP contribution < -0.4 is 0 Å². The Morgan fingerprint density at radius 3 is 2.06 bits per heavy atom. The molecule has 2 aromatic heterocycles. The summed E-state index contributed by atoms with van der Waals surface area (Å²) in [5, 5.41) is 12.1. The fourth-order valence-electron chi connectivity index (χ4n) is 7.62. The van der Waals surface area contributed by atoms with Crippen LogP contribution in [0.3, 0.4) is 0 Å². The Balaban J connectivity index is 0.00000549. The summed E-state index contributed by atoms with van der Waals surface area (Å²) in [6.07, 6.45) is 7.17. The molecule has 0 amide bonds. The van der Waals surface area contributed by atoms with Crippen LogP contribution in [0.2, 0.25) is 0 Å². The average Bonchev–Trinajstić information content (AvgIpc) is 3.15. The van der Waals surface area contributed by atoms with Gasteiger partial charge in [-0.1, -0.05) is 122 Å². The molecule has 0 saturated heterocycles. The molecule has 5 heteroatoms. The zero-order valence-electron chi connectivity index (χ0n) is 36.3. The van der Waals surface area contributed by atoms with Gasteiger partial charge in [0.25, 0.3) is 0 Å². The minimum absolute atomic E-state index is 0. The second-order valence-corrected chi connectivity index (χ2v) is 16.4. The number of fused-ring (bicyclic) bond motifs is 2. The van der Waals surface area contributed by atoms with Gasteiger partial charge in [-0.25, -0.2) is 0 Å². The van der Waals surface area contributed by atoms with Crippen molar-refractivity contribution < 1.29 is 26.5 Å². The van der Waals surface area contributed by atoms with E-state index in [1.165, 1.54) is 22.3 Å². The van der Waals surface area contributed by atoms with Crippen LogP contribution in [0.1, 0.15) is 138 Å². The molecule has 4 aromatic carbocycles. The minimum Gasteiger partial charge on any atom is -0.657 e. The van der Waals surface area contributed by atoms with Crippen molar-refractivity contribution in [1.29, 1.82) is 0 Å². The summed E-state index contributed by atoms with van der Waals surface area (Å²) >= 11 is 0. The molecule has 2 heterocycles. The van der Waals surface area contributed by atoms with Gasteiger partial charge in [0, 0.05) is 23.4 Å². The van der Waals surface area contributed by atoms with Crippen molar-refractivity contribution in [3.05, 3.63) is 130 Å². The molecule has 0 unspecified atom stereocenters. The number of benzene rings is 4. The third kappa shape index (κ3) is 8.24. The molecule has 1 aliphatic carbocycles. The molecule has 7 rings (SSSR count). The monoisotopic (exact) mass is 885 g/mol. The van der Waals surface area contributed by atoms with Gasteiger partial charge >= 0.3 is 21.1 Å². The standard InChI is InChI=1S/C48H54N4.Pt/c1-29(2)36-25-39(30(3)4)45(40(26-36)31(5)6)38-24-37-22-32(7)23-44(47(37)50-28-38)51-41-16-15-35(33-17-19-48(8,9)20-18-33)27-43(41)52-42-14-10-12-34-13-11-21-49-46(34)42;/h10-16,21-31,33H,17-20H2,1-9H3;/q-2;+2/i7D3,33D;. The van der Waals surface area contributed by atoms with Crippen molar-refractivity contribution in [3.63, 3.8) is 0 Å². The maximum atomic E-state index is 9.59. The topological polar surface area (TPSA) is 54.0 Å². The van der Waals surface area contributed by atoms with Crippen LogP contribution in [0.15, 0.2) is 91.3 Å². The zero-order valence-corrected chi connectivity index (χ0v) is 34.6. The van der Waals surface area contributed by atoms with Crippen molar-refractivity contribution in [2.45, 2.75) is 112 Å². The Kier molecular flexibility index (Phi) is 9.98. The molecular weight excluding hydrogens is 828 g/mol. The largest absolute Gasteiger partial charge is 2.00 e. The zero-order chi connectivity index (χ0) is 40.2. The van der Waals surface area contributed by atoms with Crippen molar-refractivity contribution >= 4 is 44.6 Å². The quantitative estimate of drug-likeness (QED) is 0.145. The molecule has 0 bridgehead atoms. The number of hydrogen-bond donors (Lipinski definition) is 0. The molecule has 1 fully saturated rings. The normalized spacial score (nSPS) is 16.6. The van der Waals surface area contributed by atoms with Crippen LogP contribution in [0.25, 0.3) is 43.6 Å². The van der Waals surface area contributed by atoms with Gasteiger partial charge in [-0.05, 0) is 118 Å². The Morgan fingerprint density at radius 1 is 0.698 bits per heavy atom. The molecule has 6 aromatic rings. The summed E-state index contributed by atoms with van der Waals surface area (Å²) in [7, 11) is 0. The third-order valence-electron chi connectivity index (χ3n) is 10.9. The molecule has 1 saturated carbocycles. The molecule has 276 valence electrons. The van der Waals surface area contributed by atoms with Crippen LogP contribution in [0.4, 0.5) is 22.7 Å². The molecule has 0 aliphatic heterocycles. The number of hydrogen-bond acceptors (Lipinski definition) is 2. The van der Waals surface area contributed by atoms with E-state index in [4.69, 9.17) is 19.7 Å². The van der Waals surface area contributed by atoms with Gasteiger partial charge in [0.2, 0.25) is 0 Å². The number of rotatable bonds is 9. The summed E-state index contributed by atoms with van der Waals surface area (Å²) in [6, 6.07) is 26.0. The number of para-hydroxylation sites is 1. The summed E-state index contributed by atoms with van der Waals surface area (Å²) in [4.78, 5) is 9.72. The summed E-state index contributed by atoms with van der Waals surface area (Å²) in [6.45, 7) is 15.6. The predicted octanol–water partition coefficient (Wildman–Crippen LogP) is 15.5. The molecule has 1 aliphatic rings. The molecule has 4 nitrogen and oxygen atoms in total. The molecule has 0 N–H and O–H groups in total. The van der Waals surface area contributed by atoms with Crippen LogP contribution >= 0.6 is 0 Å². The van der Waals surface area contributed by atoms with E-state index >= 15 is 0 Å². The number of nitrogens with zero attached hydrogens (tertiary/aromatic N) is 4. The van der Waals surface area contributed by atoms with E-state index in [0.717, 1.165) is 53.1 Å². The van der Waals surface area contributed by atoms with Gasteiger partial charge in [0.05, 0.1) is 11.0 Å². The van der Waals surface area contributed by atoms with Crippen LogP contribution in [-0.2, 0) is 21.1 Å². The minimum atomic E-state index is -2.36.